The number of rotatable bonds is 8. The topological polar surface area (TPSA) is 60.4 Å². The van der Waals surface area contributed by atoms with Crippen LogP contribution in [0.3, 0.4) is 0 Å². The first kappa shape index (κ1) is 24.6. The third-order valence-corrected chi connectivity index (χ3v) is 6.87. The highest BCUT2D eigenvalue weighted by atomic mass is 127. The number of thioether (sulfide) groups is 1. The summed E-state index contributed by atoms with van der Waals surface area (Å²) >= 11 is 3.68. The Morgan fingerprint density at radius 1 is 1.21 bits per heavy atom. The summed E-state index contributed by atoms with van der Waals surface area (Å²) in [6.07, 6.45) is 1.91. The average molecular weight is 594 g/mol. The Hall–Kier alpha value is -2.53. The minimum atomic E-state index is -0.425. The van der Waals surface area contributed by atoms with Crippen LogP contribution in [0, 0.1) is 9.39 Å². The number of hydrogen-bond acceptors (Lipinski definition) is 7. The van der Waals surface area contributed by atoms with Gasteiger partial charge in [0.05, 0.1) is 34.1 Å². The molecule has 1 atom stereocenters. The molecule has 2 aliphatic rings. The Bertz CT molecular complexity index is 1200. The van der Waals surface area contributed by atoms with Gasteiger partial charge in [-0.05, 0) is 72.5 Å². The van der Waals surface area contributed by atoms with Gasteiger partial charge in [0.2, 0.25) is 0 Å². The Labute approximate surface area is 216 Å². The van der Waals surface area contributed by atoms with Crippen LogP contribution in [0.1, 0.15) is 37.9 Å². The predicted molar refractivity (Wildman–Crippen MR) is 139 cm³/mol. The van der Waals surface area contributed by atoms with Gasteiger partial charge in [-0.25, -0.2) is 14.2 Å². The molecule has 0 unspecified atom stereocenters. The molecule has 2 heterocycles. The first-order valence-corrected chi connectivity index (χ1v) is 12.8. The SMILES string of the molecule is CCOC(=O)C1=C(C)N=C2SC=CN2[C@H]1c1cc(I)c(OCc2ccccc2F)c(OCC)c1. The molecule has 0 aliphatic carbocycles. The zero-order valence-corrected chi connectivity index (χ0v) is 22.0. The van der Waals surface area contributed by atoms with Crippen molar-refractivity contribution in [3.8, 4) is 11.5 Å². The van der Waals surface area contributed by atoms with E-state index in [0.29, 0.717) is 34.9 Å². The van der Waals surface area contributed by atoms with E-state index in [1.807, 2.05) is 42.5 Å². The molecule has 0 fully saturated rings. The molecule has 0 radical (unpaired) electrons. The summed E-state index contributed by atoms with van der Waals surface area (Å²) < 4.78 is 32.2. The maximum absolute atomic E-state index is 14.1. The monoisotopic (exact) mass is 594 g/mol. The normalized spacial score (nSPS) is 16.9. The van der Waals surface area contributed by atoms with Crippen LogP contribution in [0.4, 0.5) is 4.39 Å². The fourth-order valence-electron chi connectivity index (χ4n) is 3.81. The van der Waals surface area contributed by atoms with Gasteiger partial charge in [-0.1, -0.05) is 30.0 Å². The first-order chi connectivity index (χ1) is 16.4. The summed E-state index contributed by atoms with van der Waals surface area (Å²) in [5.41, 5.74) is 2.41. The maximum Gasteiger partial charge on any atom is 0.338 e. The molecule has 0 bridgehead atoms. The van der Waals surface area contributed by atoms with Crippen LogP contribution in [0.15, 0.2) is 64.3 Å². The summed E-state index contributed by atoms with van der Waals surface area (Å²) in [5, 5.41) is 2.73. The summed E-state index contributed by atoms with van der Waals surface area (Å²) in [7, 11) is 0. The molecule has 2 aliphatic heterocycles. The maximum atomic E-state index is 14.1. The highest BCUT2D eigenvalue weighted by Gasteiger charge is 2.38. The molecule has 4 rings (SSSR count). The fraction of sp³-hybridized carbons (Fsp3) is 0.280. The molecule has 2 aromatic carbocycles. The van der Waals surface area contributed by atoms with Gasteiger partial charge in [-0.3, -0.25) is 0 Å². The Balaban J connectivity index is 1.74. The number of carbonyl (C=O) groups excluding carboxylic acids is 1. The van der Waals surface area contributed by atoms with Crippen molar-refractivity contribution in [2.45, 2.75) is 33.4 Å². The first-order valence-electron chi connectivity index (χ1n) is 10.8. The van der Waals surface area contributed by atoms with E-state index in [9.17, 15) is 9.18 Å². The van der Waals surface area contributed by atoms with Crippen molar-refractivity contribution < 1.29 is 23.4 Å². The van der Waals surface area contributed by atoms with Crippen molar-refractivity contribution in [3.63, 3.8) is 0 Å². The number of esters is 1. The number of aliphatic imine (C=N–C) groups is 1. The number of carbonyl (C=O) groups is 1. The smallest absolute Gasteiger partial charge is 0.338 e. The van der Waals surface area contributed by atoms with Gasteiger partial charge in [0.1, 0.15) is 12.4 Å². The van der Waals surface area contributed by atoms with Crippen LogP contribution in [0.2, 0.25) is 0 Å². The highest BCUT2D eigenvalue weighted by Crippen LogP contribution is 2.44. The molecule has 178 valence electrons. The molecule has 34 heavy (non-hydrogen) atoms. The second-order valence-corrected chi connectivity index (χ2v) is 9.51. The van der Waals surface area contributed by atoms with Crippen molar-refractivity contribution in [1.82, 2.24) is 4.90 Å². The summed E-state index contributed by atoms with van der Waals surface area (Å²) in [4.78, 5) is 19.5. The molecule has 0 aromatic heterocycles. The fourth-order valence-corrected chi connectivity index (χ4v) is 5.38. The lowest BCUT2D eigenvalue weighted by Crippen LogP contribution is -2.34. The lowest BCUT2D eigenvalue weighted by atomic mass is 9.94. The molecule has 0 spiro atoms. The molecule has 2 aromatic rings. The number of benzene rings is 2. The third-order valence-electron chi connectivity index (χ3n) is 5.29. The molecular weight excluding hydrogens is 570 g/mol. The Morgan fingerprint density at radius 3 is 2.74 bits per heavy atom. The zero-order valence-electron chi connectivity index (χ0n) is 19.0. The van der Waals surface area contributed by atoms with Gasteiger partial charge in [-0.2, -0.15) is 0 Å². The molecule has 0 saturated heterocycles. The van der Waals surface area contributed by atoms with E-state index < -0.39 is 12.0 Å². The number of fused-ring (bicyclic) bond motifs is 1. The van der Waals surface area contributed by atoms with Gasteiger partial charge in [0.15, 0.2) is 16.7 Å². The van der Waals surface area contributed by atoms with Crippen molar-refractivity contribution >= 4 is 45.5 Å². The van der Waals surface area contributed by atoms with E-state index in [0.717, 1.165) is 14.3 Å². The van der Waals surface area contributed by atoms with Gasteiger partial charge >= 0.3 is 5.97 Å². The molecule has 0 saturated carbocycles. The molecule has 0 amide bonds. The molecule has 9 heteroatoms. The second kappa shape index (κ2) is 10.8. The number of halogens is 2. The van der Waals surface area contributed by atoms with Gasteiger partial charge in [0.25, 0.3) is 0 Å². The number of hydrogen-bond donors (Lipinski definition) is 0. The third kappa shape index (κ3) is 4.95. The summed E-state index contributed by atoms with van der Waals surface area (Å²) in [6.45, 7) is 6.26. The number of nitrogens with zero attached hydrogens (tertiary/aromatic N) is 2. The van der Waals surface area contributed by atoms with Crippen molar-refractivity contribution in [3.05, 3.63) is 79.8 Å². The van der Waals surface area contributed by atoms with Crippen LogP contribution in [-0.2, 0) is 16.1 Å². The van der Waals surface area contributed by atoms with Gasteiger partial charge < -0.3 is 19.1 Å². The minimum absolute atomic E-state index is 0.0704. The van der Waals surface area contributed by atoms with Crippen molar-refractivity contribution in [2.24, 2.45) is 4.99 Å². The predicted octanol–water partition coefficient (Wildman–Crippen LogP) is 6.18. The highest BCUT2D eigenvalue weighted by molar-refractivity contribution is 14.1. The van der Waals surface area contributed by atoms with Crippen LogP contribution in [0.25, 0.3) is 0 Å². The quantitative estimate of drug-likeness (QED) is 0.269. The Kier molecular flexibility index (Phi) is 7.82. The standard InChI is InChI=1S/C25H24FIN2O4S/c1-4-31-20-13-17(12-19(27)23(20)33-14-16-8-6-7-9-18(16)26)22-21(24(30)32-5-2)15(3)28-25-29(22)10-11-34-25/h6-13,22H,4-5,14H2,1-3H3/t22-/m0/s1. The second-order valence-electron chi connectivity index (χ2n) is 7.47. The van der Waals surface area contributed by atoms with Crippen molar-refractivity contribution in [1.29, 1.82) is 0 Å². The van der Waals surface area contributed by atoms with E-state index in [4.69, 9.17) is 14.2 Å². The zero-order chi connectivity index (χ0) is 24.2. The van der Waals surface area contributed by atoms with E-state index in [2.05, 4.69) is 27.6 Å². The number of allylic oxidation sites excluding steroid dienone is 1. The number of ether oxygens (including phenoxy) is 3. The van der Waals surface area contributed by atoms with E-state index in [1.165, 1.54) is 17.8 Å². The van der Waals surface area contributed by atoms with Crippen molar-refractivity contribution in [2.75, 3.05) is 13.2 Å². The molecule has 6 nitrogen and oxygen atoms in total. The Morgan fingerprint density at radius 2 is 2.00 bits per heavy atom. The van der Waals surface area contributed by atoms with E-state index in [-0.39, 0.29) is 19.0 Å². The lowest BCUT2D eigenvalue weighted by molar-refractivity contribution is -0.139. The minimum Gasteiger partial charge on any atom is -0.490 e. The number of amidine groups is 1. The summed E-state index contributed by atoms with van der Waals surface area (Å²) in [5.74, 6) is 0.343. The summed E-state index contributed by atoms with van der Waals surface area (Å²) in [6, 6.07) is 9.92. The van der Waals surface area contributed by atoms with Gasteiger partial charge in [-0.15, -0.1) is 0 Å². The lowest BCUT2D eigenvalue weighted by Gasteiger charge is -2.33. The van der Waals surface area contributed by atoms with Gasteiger partial charge in [0, 0.05) is 11.8 Å². The average Bonchev–Trinajstić information content (AvgIpc) is 3.26. The van der Waals surface area contributed by atoms with Crippen LogP contribution in [0.5, 0.6) is 11.5 Å². The van der Waals surface area contributed by atoms with E-state index >= 15 is 0 Å². The van der Waals surface area contributed by atoms with Crippen LogP contribution < -0.4 is 9.47 Å². The molecular formula is C25H24FIN2O4S. The largest absolute Gasteiger partial charge is 0.490 e. The van der Waals surface area contributed by atoms with Crippen LogP contribution >= 0.6 is 34.4 Å². The molecule has 0 N–H and O–H groups in total. The van der Waals surface area contributed by atoms with E-state index in [1.54, 1.807) is 25.1 Å². The van der Waals surface area contributed by atoms with Crippen LogP contribution in [-0.4, -0.2) is 29.3 Å².